The fraction of sp³-hybridized carbons (Fsp3) is 0.200. The molecular weight excluding hydrogens is 272 g/mol. The second-order valence-corrected chi connectivity index (χ2v) is 6.95. The third-order valence-corrected chi connectivity index (χ3v) is 6.10. The molecule has 2 nitrogen and oxygen atoms in total. The number of thioether (sulfide) groups is 2. The number of hydrogen-bond donors (Lipinski definition) is 0. The molecule has 3 aliphatic heterocycles. The highest BCUT2D eigenvalue weighted by atomic mass is 32.2. The minimum Gasteiger partial charge on any atom is -0.304 e. The molecule has 1 aromatic rings. The lowest BCUT2D eigenvalue weighted by atomic mass is 10.1. The second kappa shape index (κ2) is 3.87. The summed E-state index contributed by atoms with van der Waals surface area (Å²) >= 11 is 3.72. The topological polar surface area (TPSA) is 6.48 Å². The van der Waals surface area contributed by atoms with Crippen LogP contribution in [0.15, 0.2) is 56.0 Å². The molecule has 96 valence electrons. The van der Waals surface area contributed by atoms with Gasteiger partial charge in [-0.05, 0) is 38.3 Å². The summed E-state index contributed by atoms with van der Waals surface area (Å²) in [7, 11) is 0. The highest BCUT2D eigenvalue weighted by molar-refractivity contribution is 8.10. The first-order chi connectivity index (χ1) is 9.18. The van der Waals surface area contributed by atoms with Crippen LogP contribution in [-0.4, -0.2) is 0 Å². The first-order valence-corrected chi connectivity index (χ1v) is 8.00. The van der Waals surface area contributed by atoms with E-state index < -0.39 is 0 Å². The van der Waals surface area contributed by atoms with E-state index in [1.165, 1.54) is 37.7 Å². The lowest BCUT2D eigenvalue weighted by molar-refractivity contribution is 1.04. The maximum atomic E-state index is 2.40. The van der Waals surface area contributed by atoms with Crippen LogP contribution in [0.5, 0.6) is 0 Å². The van der Waals surface area contributed by atoms with Crippen molar-refractivity contribution in [2.45, 2.75) is 20.8 Å². The molecule has 0 spiro atoms. The van der Waals surface area contributed by atoms with Gasteiger partial charge in [-0.25, -0.2) is 0 Å². The Bertz CT molecular complexity index is 685. The van der Waals surface area contributed by atoms with E-state index in [1.807, 2.05) is 23.5 Å². The lowest BCUT2D eigenvalue weighted by Gasteiger charge is -2.36. The third kappa shape index (κ3) is 1.41. The summed E-state index contributed by atoms with van der Waals surface area (Å²) in [6.07, 6.45) is 0. The minimum absolute atomic E-state index is 1.29. The molecule has 0 radical (unpaired) electrons. The number of allylic oxidation sites excluding steroid dienone is 3. The predicted octanol–water partition coefficient (Wildman–Crippen LogP) is 5.05. The monoisotopic (exact) mass is 286 g/mol. The summed E-state index contributed by atoms with van der Waals surface area (Å²) in [6, 6.07) is 8.66. The number of anilines is 2. The van der Waals surface area contributed by atoms with E-state index in [9.17, 15) is 0 Å². The van der Waals surface area contributed by atoms with Crippen LogP contribution in [0.25, 0.3) is 0 Å². The molecule has 0 bridgehead atoms. The van der Waals surface area contributed by atoms with Gasteiger partial charge in [0.1, 0.15) is 10.1 Å². The van der Waals surface area contributed by atoms with Gasteiger partial charge in [0, 0.05) is 16.3 Å². The number of hydrogen-bond acceptors (Lipinski definition) is 4. The van der Waals surface area contributed by atoms with E-state index >= 15 is 0 Å². The second-order valence-electron chi connectivity index (χ2n) is 4.89. The van der Waals surface area contributed by atoms with Crippen molar-refractivity contribution < 1.29 is 0 Å². The first-order valence-electron chi connectivity index (χ1n) is 6.31. The van der Waals surface area contributed by atoms with E-state index in [0.717, 1.165) is 0 Å². The molecule has 1 aromatic carbocycles. The van der Waals surface area contributed by atoms with Gasteiger partial charge in [-0.2, -0.15) is 0 Å². The Labute approximate surface area is 121 Å². The van der Waals surface area contributed by atoms with Crippen molar-refractivity contribution >= 4 is 34.9 Å². The molecule has 0 N–H and O–H groups in total. The maximum Gasteiger partial charge on any atom is 0.116 e. The van der Waals surface area contributed by atoms with Gasteiger partial charge in [-0.1, -0.05) is 35.7 Å². The lowest BCUT2D eigenvalue weighted by Crippen LogP contribution is -2.28. The molecule has 19 heavy (non-hydrogen) atoms. The Morgan fingerprint density at radius 2 is 1.58 bits per heavy atom. The standard InChI is InChI=1S/C15H14N2S2/c1-9-8-18-14-15-17(10(2)11(3)19-15)13-7-5-4-6-12(13)16(9)14/h4-8H,1-3H3. The fourth-order valence-corrected chi connectivity index (χ4v) is 4.93. The van der Waals surface area contributed by atoms with Crippen LogP contribution in [-0.2, 0) is 0 Å². The smallest absolute Gasteiger partial charge is 0.116 e. The fourth-order valence-electron chi connectivity index (χ4n) is 2.70. The Hall–Kier alpha value is -1.26. The van der Waals surface area contributed by atoms with Crippen molar-refractivity contribution in [3.8, 4) is 0 Å². The van der Waals surface area contributed by atoms with Crippen LogP contribution in [0.1, 0.15) is 20.8 Å². The van der Waals surface area contributed by atoms with Gasteiger partial charge in [0.25, 0.3) is 0 Å². The largest absolute Gasteiger partial charge is 0.304 e. The maximum absolute atomic E-state index is 2.40. The number of para-hydroxylation sites is 2. The predicted molar refractivity (Wildman–Crippen MR) is 85.7 cm³/mol. The molecule has 0 saturated heterocycles. The van der Waals surface area contributed by atoms with Gasteiger partial charge in [-0.15, -0.1) is 0 Å². The summed E-state index contributed by atoms with van der Waals surface area (Å²) < 4.78 is 0. The van der Waals surface area contributed by atoms with Crippen molar-refractivity contribution in [1.82, 2.24) is 0 Å². The van der Waals surface area contributed by atoms with E-state index in [2.05, 4.69) is 60.2 Å². The molecule has 3 heterocycles. The van der Waals surface area contributed by atoms with Crippen LogP contribution < -0.4 is 9.80 Å². The normalized spacial score (nSPS) is 20.7. The van der Waals surface area contributed by atoms with E-state index in [4.69, 9.17) is 0 Å². The summed E-state index contributed by atoms with van der Waals surface area (Å²) in [6.45, 7) is 6.60. The average molecular weight is 286 g/mol. The van der Waals surface area contributed by atoms with Crippen LogP contribution in [0.4, 0.5) is 11.4 Å². The van der Waals surface area contributed by atoms with Crippen molar-refractivity contribution in [3.05, 3.63) is 56.0 Å². The van der Waals surface area contributed by atoms with Crippen LogP contribution in [0.2, 0.25) is 0 Å². The molecule has 0 fully saturated rings. The van der Waals surface area contributed by atoms with Gasteiger partial charge in [-0.3, -0.25) is 0 Å². The number of rotatable bonds is 0. The average Bonchev–Trinajstić information content (AvgIpc) is 2.93. The van der Waals surface area contributed by atoms with Crippen molar-refractivity contribution in [2.24, 2.45) is 0 Å². The molecule has 0 saturated carbocycles. The minimum atomic E-state index is 1.29. The zero-order valence-electron chi connectivity index (χ0n) is 11.1. The summed E-state index contributed by atoms with van der Waals surface area (Å²) in [5.74, 6) is 0. The van der Waals surface area contributed by atoms with Crippen molar-refractivity contribution in [2.75, 3.05) is 9.80 Å². The summed E-state index contributed by atoms with van der Waals surface area (Å²) in [4.78, 5) is 6.18. The first kappa shape index (κ1) is 11.6. The molecule has 0 aromatic heterocycles. The number of nitrogens with zero attached hydrogens (tertiary/aromatic N) is 2. The molecule has 3 aliphatic rings. The van der Waals surface area contributed by atoms with E-state index in [0.29, 0.717) is 0 Å². The molecule has 4 rings (SSSR count). The Balaban J connectivity index is 2.01. The SMILES string of the molecule is CC1=CSC2=C3SC(C)=C(C)N3c3ccccc3N12. The summed E-state index contributed by atoms with van der Waals surface area (Å²) in [5, 5.41) is 4.94. The summed E-state index contributed by atoms with van der Waals surface area (Å²) in [5.41, 5.74) is 5.24. The molecule has 4 heteroatoms. The van der Waals surface area contributed by atoms with E-state index in [-0.39, 0.29) is 0 Å². The van der Waals surface area contributed by atoms with Crippen LogP contribution in [0.3, 0.4) is 0 Å². The molecular formula is C15H14N2S2. The third-order valence-electron chi connectivity index (χ3n) is 3.74. The molecule has 0 aliphatic carbocycles. The highest BCUT2D eigenvalue weighted by Crippen LogP contribution is 2.57. The van der Waals surface area contributed by atoms with Gasteiger partial charge in [0.05, 0.1) is 11.4 Å². The van der Waals surface area contributed by atoms with Crippen LogP contribution >= 0.6 is 23.5 Å². The van der Waals surface area contributed by atoms with Gasteiger partial charge in [0.2, 0.25) is 0 Å². The van der Waals surface area contributed by atoms with Crippen molar-refractivity contribution in [1.29, 1.82) is 0 Å². The van der Waals surface area contributed by atoms with Gasteiger partial charge >= 0.3 is 0 Å². The molecule has 0 amide bonds. The molecule has 0 atom stereocenters. The zero-order chi connectivity index (χ0) is 13.1. The van der Waals surface area contributed by atoms with Crippen molar-refractivity contribution in [3.63, 3.8) is 0 Å². The van der Waals surface area contributed by atoms with E-state index in [1.54, 1.807) is 0 Å². The van der Waals surface area contributed by atoms with Gasteiger partial charge in [0.15, 0.2) is 0 Å². The Morgan fingerprint density at radius 3 is 2.32 bits per heavy atom. The molecule has 0 unspecified atom stereocenters. The Morgan fingerprint density at radius 1 is 0.895 bits per heavy atom. The van der Waals surface area contributed by atoms with Gasteiger partial charge < -0.3 is 9.80 Å². The van der Waals surface area contributed by atoms with Crippen LogP contribution in [0, 0.1) is 0 Å². The quantitative estimate of drug-likeness (QED) is 0.658. The Kier molecular flexibility index (Phi) is 2.35. The number of fused-ring (bicyclic) bond motifs is 5. The highest BCUT2D eigenvalue weighted by Gasteiger charge is 2.38. The number of benzene rings is 1. The zero-order valence-corrected chi connectivity index (χ0v) is 12.7.